The van der Waals surface area contributed by atoms with E-state index in [4.69, 9.17) is 5.26 Å². The maximum atomic E-state index is 12.2. The monoisotopic (exact) mass is 309 g/mol. The number of carboxylic acid groups (broad SMARTS) is 1. The van der Waals surface area contributed by atoms with Crippen molar-refractivity contribution in [1.82, 2.24) is 10.2 Å². The first-order valence-electron chi connectivity index (χ1n) is 5.82. The number of allylic oxidation sites excluding steroid dienone is 1. The number of nitrogens with one attached hydrogen (secondary N) is 1. The number of carbonyl (C=O) groups excluding carboxylic acids is 2. The Morgan fingerprint density at radius 2 is 2.24 bits per heavy atom. The molecule has 0 aromatic carbocycles. The van der Waals surface area contributed by atoms with Crippen LogP contribution in [0, 0.1) is 11.3 Å². The number of hydrogen-bond acceptors (Lipinski definition) is 5. The third-order valence-electron chi connectivity index (χ3n) is 3.19. The molecular weight excluding hydrogens is 298 g/mol. The van der Waals surface area contributed by atoms with E-state index in [1.165, 1.54) is 6.92 Å². The summed E-state index contributed by atoms with van der Waals surface area (Å²) in [4.78, 5) is 35.3. The molecule has 8 nitrogen and oxygen atoms in total. The number of nitriles is 1. The summed E-state index contributed by atoms with van der Waals surface area (Å²) in [5, 5.41) is 19.5. The first kappa shape index (κ1) is 15.1. The lowest BCUT2D eigenvalue weighted by Gasteiger charge is -2.48. The molecule has 2 rings (SSSR count). The van der Waals surface area contributed by atoms with Crippen LogP contribution in [-0.4, -0.2) is 49.5 Å². The Kier molecular flexibility index (Phi) is 3.76. The van der Waals surface area contributed by atoms with Crippen molar-refractivity contribution in [2.45, 2.75) is 18.3 Å². The average molecular weight is 309 g/mol. The zero-order valence-electron chi connectivity index (χ0n) is 11.0. The molecule has 2 unspecified atom stereocenters. The second-order valence-electron chi connectivity index (χ2n) is 4.52. The van der Waals surface area contributed by atoms with Gasteiger partial charge in [-0.05, 0) is 11.2 Å². The van der Waals surface area contributed by atoms with Gasteiger partial charge in [0.15, 0.2) is 6.04 Å². The van der Waals surface area contributed by atoms with Crippen LogP contribution in [0.1, 0.15) is 6.92 Å². The molecule has 2 aliphatic rings. The fourth-order valence-corrected chi connectivity index (χ4v) is 3.99. The second kappa shape index (κ2) is 5.23. The minimum absolute atomic E-state index is 0.0193. The van der Waals surface area contributed by atoms with Crippen LogP contribution in [0.15, 0.2) is 23.4 Å². The molecule has 0 radical (unpaired) electrons. The first-order chi connectivity index (χ1) is 9.79. The number of hydrogen-bond donors (Lipinski definition) is 2. The molecule has 0 aromatic rings. The number of fused-ring (bicyclic) bond motifs is 1. The molecule has 2 N–H and O–H groups in total. The van der Waals surface area contributed by atoms with E-state index in [1.54, 1.807) is 6.07 Å². The van der Waals surface area contributed by atoms with Crippen molar-refractivity contribution in [2.24, 2.45) is 0 Å². The third kappa shape index (κ3) is 2.28. The number of carboxylic acids is 1. The number of nitrogens with zero attached hydrogens (tertiary/aromatic N) is 2. The van der Waals surface area contributed by atoms with E-state index in [9.17, 15) is 24.0 Å². The molecule has 0 saturated carbocycles. The van der Waals surface area contributed by atoms with Gasteiger partial charge in [0.2, 0.25) is 11.3 Å². The van der Waals surface area contributed by atoms with Crippen molar-refractivity contribution in [2.75, 3.05) is 5.75 Å². The summed E-state index contributed by atoms with van der Waals surface area (Å²) >= 11 is -1.63. The van der Waals surface area contributed by atoms with Gasteiger partial charge < -0.3 is 15.0 Å². The number of aliphatic carboxylic acids is 1. The summed E-state index contributed by atoms with van der Waals surface area (Å²) in [5.41, 5.74) is -0.554. The van der Waals surface area contributed by atoms with E-state index in [-0.39, 0.29) is 16.9 Å². The van der Waals surface area contributed by atoms with Gasteiger partial charge in [0.1, 0.15) is 11.4 Å². The standard InChI is InChI=1S/C12H11N3O5S/c1-5(3-13)7-4-21(20)11-8(14-6(2)16)10(17)15(11)9(7)12(18)19/h8,11H,1,4H2,2H3,(H,14,16)(H,18,19)/t8?,11-,21?/m0/s1. The highest BCUT2D eigenvalue weighted by atomic mass is 32.2. The minimum Gasteiger partial charge on any atom is -0.614 e. The van der Waals surface area contributed by atoms with Gasteiger partial charge in [-0.25, -0.2) is 4.79 Å². The zero-order valence-corrected chi connectivity index (χ0v) is 11.8. The molecule has 1 fully saturated rings. The Labute approximate surface area is 122 Å². The van der Waals surface area contributed by atoms with Gasteiger partial charge in [-0.15, -0.1) is 0 Å². The van der Waals surface area contributed by atoms with Crippen LogP contribution in [-0.2, 0) is 25.6 Å². The van der Waals surface area contributed by atoms with Crippen LogP contribution in [0.3, 0.4) is 0 Å². The van der Waals surface area contributed by atoms with Crippen LogP contribution in [0.4, 0.5) is 0 Å². The van der Waals surface area contributed by atoms with Crippen LogP contribution < -0.4 is 5.32 Å². The highest BCUT2D eigenvalue weighted by molar-refractivity contribution is 7.92. The van der Waals surface area contributed by atoms with Crippen LogP contribution >= 0.6 is 0 Å². The molecule has 21 heavy (non-hydrogen) atoms. The van der Waals surface area contributed by atoms with Crippen molar-refractivity contribution in [3.05, 3.63) is 23.4 Å². The molecule has 0 spiro atoms. The SMILES string of the molecule is C=C(C#N)C1=C(C(=O)O)N2C(=O)C(NC(C)=O)[C@@H]2[S+]([O-])C1. The largest absolute Gasteiger partial charge is 0.614 e. The molecule has 0 bridgehead atoms. The van der Waals surface area contributed by atoms with E-state index in [0.717, 1.165) is 4.90 Å². The van der Waals surface area contributed by atoms with E-state index in [0.29, 0.717) is 0 Å². The lowest BCUT2D eigenvalue weighted by atomic mass is 10.00. The molecule has 2 heterocycles. The topological polar surface area (TPSA) is 134 Å². The maximum absolute atomic E-state index is 12.2. The van der Waals surface area contributed by atoms with Crippen molar-refractivity contribution in [3.63, 3.8) is 0 Å². The van der Waals surface area contributed by atoms with Crippen molar-refractivity contribution >= 4 is 29.0 Å². The quantitative estimate of drug-likeness (QED) is 0.384. The number of amides is 2. The summed E-state index contributed by atoms with van der Waals surface area (Å²) in [7, 11) is 0. The normalized spacial score (nSPS) is 27.4. The predicted octanol–water partition coefficient (Wildman–Crippen LogP) is -1.16. The van der Waals surface area contributed by atoms with Crippen LogP contribution in [0.25, 0.3) is 0 Å². The minimum atomic E-state index is -1.63. The van der Waals surface area contributed by atoms with Gasteiger partial charge in [0.25, 0.3) is 5.91 Å². The zero-order chi connectivity index (χ0) is 15.9. The fourth-order valence-electron chi connectivity index (χ4n) is 2.29. The van der Waals surface area contributed by atoms with Crippen molar-refractivity contribution in [3.8, 4) is 6.07 Å². The first-order valence-corrected chi connectivity index (χ1v) is 7.21. The Morgan fingerprint density at radius 1 is 1.62 bits per heavy atom. The number of carbonyl (C=O) groups is 3. The van der Waals surface area contributed by atoms with E-state index < -0.39 is 46.1 Å². The molecule has 110 valence electrons. The summed E-state index contributed by atoms with van der Waals surface area (Å²) in [6.45, 7) is 4.62. The van der Waals surface area contributed by atoms with Crippen LogP contribution in [0.2, 0.25) is 0 Å². The maximum Gasteiger partial charge on any atom is 0.353 e. The van der Waals surface area contributed by atoms with E-state index >= 15 is 0 Å². The van der Waals surface area contributed by atoms with Crippen LogP contribution in [0.5, 0.6) is 0 Å². The number of β-lactam (4-membered cyclic amide) rings is 1. The lowest BCUT2D eigenvalue weighted by Crippen LogP contribution is -2.74. The van der Waals surface area contributed by atoms with Gasteiger partial charge in [-0.1, -0.05) is 6.58 Å². The molecular formula is C12H11N3O5S. The molecule has 1 saturated heterocycles. The summed E-state index contributed by atoms with van der Waals surface area (Å²) < 4.78 is 12.2. The molecule has 0 aliphatic carbocycles. The average Bonchev–Trinajstić information content (AvgIpc) is 2.42. The Bertz CT molecular complexity index is 635. The van der Waals surface area contributed by atoms with Gasteiger partial charge in [0, 0.05) is 12.5 Å². The highest BCUT2D eigenvalue weighted by Gasteiger charge is 2.61. The van der Waals surface area contributed by atoms with Gasteiger partial charge in [-0.2, -0.15) is 5.26 Å². The Balaban J connectivity index is 2.45. The number of rotatable bonds is 3. The molecule has 3 atom stereocenters. The predicted molar refractivity (Wildman–Crippen MR) is 70.7 cm³/mol. The Hall–Kier alpha value is -2.31. The summed E-state index contributed by atoms with van der Waals surface area (Å²) in [6, 6.07) is 0.695. The fraction of sp³-hybridized carbons (Fsp3) is 0.333. The molecule has 2 amide bonds. The van der Waals surface area contributed by atoms with Gasteiger partial charge in [-0.3, -0.25) is 14.5 Å². The van der Waals surface area contributed by atoms with E-state index in [2.05, 4.69) is 11.9 Å². The lowest BCUT2D eigenvalue weighted by molar-refractivity contribution is -0.150. The highest BCUT2D eigenvalue weighted by Crippen LogP contribution is 2.38. The summed E-state index contributed by atoms with van der Waals surface area (Å²) in [5.74, 6) is -2.74. The van der Waals surface area contributed by atoms with Gasteiger partial charge in [0.05, 0.1) is 11.6 Å². The molecule has 2 aliphatic heterocycles. The Morgan fingerprint density at radius 3 is 2.71 bits per heavy atom. The third-order valence-corrected chi connectivity index (χ3v) is 4.78. The van der Waals surface area contributed by atoms with E-state index in [1.807, 2.05) is 0 Å². The van der Waals surface area contributed by atoms with Crippen molar-refractivity contribution < 1.29 is 24.0 Å². The molecule has 0 aromatic heterocycles. The summed E-state index contributed by atoms with van der Waals surface area (Å²) in [6.07, 6.45) is 0. The second-order valence-corrected chi connectivity index (χ2v) is 6.06. The van der Waals surface area contributed by atoms with Crippen molar-refractivity contribution in [1.29, 1.82) is 5.26 Å². The smallest absolute Gasteiger partial charge is 0.353 e. The van der Waals surface area contributed by atoms with Gasteiger partial charge >= 0.3 is 5.97 Å². The molecule has 9 heteroatoms.